The number of benzene rings is 1. The Kier molecular flexibility index (Phi) is 5.76. The fourth-order valence-electron chi connectivity index (χ4n) is 3.22. The largest absolute Gasteiger partial charge is 0.368 e. The predicted molar refractivity (Wildman–Crippen MR) is 85.9 cm³/mol. The van der Waals surface area contributed by atoms with Crippen molar-refractivity contribution in [3.05, 3.63) is 35.9 Å². The quantitative estimate of drug-likeness (QED) is 0.805. The molecule has 2 rings (SSSR count). The highest BCUT2D eigenvalue weighted by Gasteiger charge is 2.37. The molecular weight excluding hydrogens is 262 g/mol. The van der Waals surface area contributed by atoms with Crippen molar-refractivity contribution in [1.29, 1.82) is 0 Å². The summed E-state index contributed by atoms with van der Waals surface area (Å²) >= 11 is 0. The number of amides is 1. The molecule has 1 unspecified atom stereocenters. The van der Waals surface area contributed by atoms with Crippen LogP contribution in [-0.4, -0.2) is 37.0 Å². The average Bonchev–Trinajstić information content (AvgIpc) is 2.53. The molecule has 0 bridgehead atoms. The van der Waals surface area contributed by atoms with Crippen molar-refractivity contribution in [1.82, 2.24) is 10.2 Å². The van der Waals surface area contributed by atoms with E-state index in [0.717, 1.165) is 38.2 Å². The molecule has 116 valence electrons. The molecule has 1 aromatic rings. The maximum atomic E-state index is 12.2. The molecule has 0 aliphatic carbocycles. The van der Waals surface area contributed by atoms with Crippen LogP contribution < -0.4 is 11.1 Å². The molecule has 1 atom stereocenters. The van der Waals surface area contributed by atoms with Gasteiger partial charge in [-0.05, 0) is 44.5 Å². The molecule has 0 radical (unpaired) electrons. The highest BCUT2D eigenvalue weighted by molar-refractivity contribution is 5.86. The maximum absolute atomic E-state index is 12.2. The third kappa shape index (κ3) is 3.83. The smallest absolute Gasteiger partial charge is 0.242 e. The van der Waals surface area contributed by atoms with Gasteiger partial charge in [0.15, 0.2) is 0 Å². The minimum atomic E-state index is -0.756. The van der Waals surface area contributed by atoms with E-state index in [4.69, 9.17) is 5.73 Å². The van der Waals surface area contributed by atoms with Gasteiger partial charge in [0.2, 0.25) is 5.91 Å². The lowest BCUT2D eigenvalue weighted by atomic mass is 9.85. The Morgan fingerprint density at radius 1 is 1.24 bits per heavy atom. The first kappa shape index (κ1) is 16.0. The number of hydrogen-bond acceptors (Lipinski definition) is 3. The van der Waals surface area contributed by atoms with Gasteiger partial charge in [-0.1, -0.05) is 43.7 Å². The summed E-state index contributed by atoms with van der Waals surface area (Å²) in [7, 11) is 0. The molecular formula is C17H27N3O. The molecule has 0 aromatic heterocycles. The number of carbonyl (C=O) groups is 1. The van der Waals surface area contributed by atoms with Crippen molar-refractivity contribution in [3.8, 4) is 0 Å². The van der Waals surface area contributed by atoms with Crippen molar-refractivity contribution < 1.29 is 4.79 Å². The number of piperidine rings is 1. The van der Waals surface area contributed by atoms with Crippen LogP contribution in [-0.2, 0) is 10.3 Å². The molecule has 1 amide bonds. The van der Waals surface area contributed by atoms with E-state index in [1.807, 2.05) is 37.3 Å². The normalized spacial score (nSPS) is 19.1. The molecule has 1 aromatic carbocycles. The van der Waals surface area contributed by atoms with Crippen LogP contribution in [0, 0.1) is 0 Å². The minimum absolute atomic E-state index is 0.285. The monoisotopic (exact) mass is 289 g/mol. The number of hydrogen-bond donors (Lipinski definition) is 2. The summed E-state index contributed by atoms with van der Waals surface area (Å²) in [4.78, 5) is 14.7. The van der Waals surface area contributed by atoms with E-state index in [0.29, 0.717) is 0 Å². The lowest BCUT2D eigenvalue weighted by molar-refractivity contribution is -0.125. The van der Waals surface area contributed by atoms with Gasteiger partial charge in [0.1, 0.15) is 5.54 Å². The van der Waals surface area contributed by atoms with E-state index >= 15 is 0 Å². The number of nitrogens with zero attached hydrogens (tertiary/aromatic N) is 1. The highest BCUT2D eigenvalue weighted by Crippen LogP contribution is 2.26. The molecule has 1 saturated heterocycles. The second-order valence-corrected chi connectivity index (χ2v) is 5.82. The van der Waals surface area contributed by atoms with E-state index in [1.54, 1.807) is 0 Å². The Bertz CT molecular complexity index is 443. The van der Waals surface area contributed by atoms with Crippen molar-refractivity contribution in [2.75, 3.05) is 26.2 Å². The standard InChI is InChI=1S/C17H27N3O/c1-2-19-17(16(18)21,15-9-5-3-6-10-15)11-14-20-12-7-4-8-13-20/h3,5-6,9-10,19H,2,4,7-8,11-14H2,1H3,(H2,18,21). The van der Waals surface area contributed by atoms with E-state index in [1.165, 1.54) is 19.3 Å². The Morgan fingerprint density at radius 2 is 1.90 bits per heavy atom. The zero-order valence-corrected chi connectivity index (χ0v) is 13.0. The van der Waals surface area contributed by atoms with E-state index in [2.05, 4.69) is 10.2 Å². The van der Waals surface area contributed by atoms with E-state index in [-0.39, 0.29) is 5.91 Å². The van der Waals surface area contributed by atoms with Gasteiger partial charge in [-0.15, -0.1) is 0 Å². The minimum Gasteiger partial charge on any atom is -0.368 e. The van der Waals surface area contributed by atoms with Crippen molar-refractivity contribution in [2.45, 2.75) is 38.1 Å². The third-order valence-electron chi connectivity index (χ3n) is 4.42. The first-order valence-corrected chi connectivity index (χ1v) is 8.02. The van der Waals surface area contributed by atoms with Gasteiger partial charge in [0, 0.05) is 6.54 Å². The predicted octanol–water partition coefficient (Wildman–Crippen LogP) is 1.85. The molecule has 4 nitrogen and oxygen atoms in total. The maximum Gasteiger partial charge on any atom is 0.242 e. The Balaban J connectivity index is 2.16. The molecule has 1 fully saturated rings. The van der Waals surface area contributed by atoms with Crippen LogP contribution in [0.2, 0.25) is 0 Å². The van der Waals surface area contributed by atoms with Crippen LogP contribution in [0.15, 0.2) is 30.3 Å². The van der Waals surface area contributed by atoms with Crippen LogP contribution in [0.5, 0.6) is 0 Å². The van der Waals surface area contributed by atoms with Crippen LogP contribution in [0.4, 0.5) is 0 Å². The molecule has 4 heteroatoms. The summed E-state index contributed by atoms with van der Waals surface area (Å²) < 4.78 is 0. The van der Waals surface area contributed by atoms with Gasteiger partial charge in [-0.2, -0.15) is 0 Å². The fraction of sp³-hybridized carbons (Fsp3) is 0.588. The number of rotatable bonds is 7. The summed E-state index contributed by atoms with van der Waals surface area (Å²) in [6.45, 7) is 5.91. The lowest BCUT2D eigenvalue weighted by Gasteiger charge is -2.35. The topological polar surface area (TPSA) is 58.4 Å². The number of primary amides is 1. The zero-order valence-electron chi connectivity index (χ0n) is 13.0. The molecule has 21 heavy (non-hydrogen) atoms. The van der Waals surface area contributed by atoms with Crippen LogP contribution in [0.3, 0.4) is 0 Å². The number of carbonyl (C=O) groups excluding carboxylic acids is 1. The Labute approximate surface area is 127 Å². The second-order valence-electron chi connectivity index (χ2n) is 5.82. The van der Waals surface area contributed by atoms with Crippen LogP contribution >= 0.6 is 0 Å². The van der Waals surface area contributed by atoms with Gasteiger partial charge >= 0.3 is 0 Å². The summed E-state index contributed by atoms with van der Waals surface area (Å²) in [5.41, 5.74) is 6.00. The Hall–Kier alpha value is -1.39. The second kappa shape index (κ2) is 7.57. The van der Waals surface area contributed by atoms with Gasteiger partial charge in [0.25, 0.3) is 0 Å². The first-order chi connectivity index (χ1) is 10.2. The number of likely N-dealkylation sites (N-methyl/N-ethyl adjacent to an activating group) is 1. The number of likely N-dealkylation sites (tertiary alicyclic amines) is 1. The van der Waals surface area contributed by atoms with Gasteiger partial charge in [-0.3, -0.25) is 10.1 Å². The molecule has 3 N–H and O–H groups in total. The summed E-state index contributed by atoms with van der Waals surface area (Å²) in [6.07, 6.45) is 4.57. The molecule has 0 saturated carbocycles. The average molecular weight is 289 g/mol. The first-order valence-electron chi connectivity index (χ1n) is 8.02. The molecule has 1 aliphatic heterocycles. The zero-order chi connectivity index (χ0) is 15.1. The fourth-order valence-corrected chi connectivity index (χ4v) is 3.22. The number of nitrogens with two attached hydrogens (primary N) is 1. The van der Waals surface area contributed by atoms with Gasteiger partial charge < -0.3 is 10.6 Å². The van der Waals surface area contributed by atoms with Crippen LogP contribution in [0.1, 0.15) is 38.2 Å². The van der Waals surface area contributed by atoms with Gasteiger partial charge in [-0.25, -0.2) is 0 Å². The van der Waals surface area contributed by atoms with E-state index in [9.17, 15) is 4.79 Å². The molecule has 1 aliphatic rings. The van der Waals surface area contributed by atoms with E-state index < -0.39 is 5.54 Å². The SMILES string of the molecule is CCNC(CCN1CCCCC1)(C(N)=O)c1ccccc1. The van der Waals surface area contributed by atoms with Crippen molar-refractivity contribution in [2.24, 2.45) is 5.73 Å². The van der Waals surface area contributed by atoms with Crippen molar-refractivity contribution >= 4 is 5.91 Å². The molecule has 1 heterocycles. The summed E-state index contributed by atoms with van der Waals surface area (Å²) in [5, 5.41) is 3.35. The van der Waals surface area contributed by atoms with Crippen LogP contribution in [0.25, 0.3) is 0 Å². The summed E-state index contributed by atoms with van der Waals surface area (Å²) in [5.74, 6) is -0.285. The highest BCUT2D eigenvalue weighted by atomic mass is 16.1. The third-order valence-corrected chi connectivity index (χ3v) is 4.42. The molecule has 0 spiro atoms. The lowest BCUT2D eigenvalue weighted by Crippen LogP contribution is -2.54. The Morgan fingerprint density at radius 3 is 2.48 bits per heavy atom. The summed E-state index contributed by atoms with van der Waals surface area (Å²) in [6, 6.07) is 9.87. The number of nitrogens with one attached hydrogen (secondary N) is 1. The van der Waals surface area contributed by atoms with Gasteiger partial charge in [0.05, 0.1) is 0 Å². The van der Waals surface area contributed by atoms with Crippen molar-refractivity contribution in [3.63, 3.8) is 0 Å².